The average molecular weight is 266 g/mol. The standard InChI is InChI=1S/C12H12ClN3O2/c13-10-3-1-2-4-11(10)18-6-5-12(17)16-9-7-14-15-8-9/h1-4,7-8H,5-6H2,(H,14,15)(H,16,17). The predicted octanol–water partition coefficient (Wildman–Crippen LogP) is 2.47. The Morgan fingerprint density at radius 1 is 1.44 bits per heavy atom. The molecule has 0 fully saturated rings. The number of nitrogens with zero attached hydrogens (tertiary/aromatic N) is 1. The van der Waals surface area contributed by atoms with Crippen LogP contribution in [0, 0.1) is 0 Å². The van der Waals surface area contributed by atoms with Gasteiger partial charge in [-0.25, -0.2) is 0 Å². The fraction of sp³-hybridized carbons (Fsp3) is 0.167. The summed E-state index contributed by atoms with van der Waals surface area (Å²) in [5.74, 6) is 0.443. The summed E-state index contributed by atoms with van der Waals surface area (Å²) in [5.41, 5.74) is 0.637. The van der Waals surface area contributed by atoms with Gasteiger partial charge in [0.25, 0.3) is 0 Å². The molecule has 6 heteroatoms. The largest absolute Gasteiger partial charge is 0.491 e. The number of H-pyrrole nitrogens is 1. The number of hydrogen-bond acceptors (Lipinski definition) is 3. The Labute approximate surface area is 109 Å². The van der Waals surface area contributed by atoms with Crippen molar-refractivity contribution < 1.29 is 9.53 Å². The summed E-state index contributed by atoms with van der Waals surface area (Å²) in [4.78, 5) is 11.5. The number of anilines is 1. The van der Waals surface area contributed by atoms with Gasteiger partial charge in [-0.2, -0.15) is 5.10 Å². The number of carbonyl (C=O) groups is 1. The lowest BCUT2D eigenvalue weighted by molar-refractivity contribution is -0.116. The maximum Gasteiger partial charge on any atom is 0.227 e. The van der Waals surface area contributed by atoms with Crippen LogP contribution in [0.2, 0.25) is 5.02 Å². The molecule has 1 heterocycles. The van der Waals surface area contributed by atoms with Crippen LogP contribution in [0.4, 0.5) is 5.69 Å². The van der Waals surface area contributed by atoms with Gasteiger partial charge in [0.1, 0.15) is 5.75 Å². The highest BCUT2D eigenvalue weighted by Gasteiger charge is 2.05. The number of nitrogens with one attached hydrogen (secondary N) is 2. The topological polar surface area (TPSA) is 67.0 Å². The molecule has 1 aromatic heterocycles. The van der Waals surface area contributed by atoms with Gasteiger partial charge in [-0.05, 0) is 12.1 Å². The van der Waals surface area contributed by atoms with Gasteiger partial charge >= 0.3 is 0 Å². The highest BCUT2D eigenvalue weighted by atomic mass is 35.5. The van der Waals surface area contributed by atoms with Crippen LogP contribution >= 0.6 is 11.6 Å². The van der Waals surface area contributed by atoms with Crippen LogP contribution in [-0.2, 0) is 4.79 Å². The monoisotopic (exact) mass is 265 g/mol. The summed E-state index contributed by atoms with van der Waals surface area (Å²) in [5, 5.41) is 9.55. The predicted molar refractivity (Wildman–Crippen MR) is 68.8 cm³/mol. The van der Waals surface area contributed by atoms with Gasteiger partial charge in [-0.1, -0.05) is 23.7 Å². The first-order valence-corrected chi connectivity index (χ1v) is 5.79. The maximum absolute atomic E-state index is 11.5. The average Bonchev–Trinajstić information content (AvgIpc) is 2.84. The summed E-state index contributed by atoms with van der Waals surface area (Å²) < 4.78 is 5.41. The molecule has 18 heavy (non-hydrogen) atoms. The van der Waals surface area contributed by atoms with Crippen molar-refractivity contribution in [2.75, 3.05) is 11.9 Å². The summed E-state index contributed by atoms with van der Waals surface area (Å²) in [6.45, 7) is 0.271. The van der Waals surface area contributed by atoms with Crippen molar-refractivity contribution in [2.24, 2.45) is 0 Å². The number of amides is 1. The Balaban J connectivity index is 1.75. The molecule has 0 spiro atoms. The SMILES string of the molecule is O=C(CCOc1ccccc1Cl)Nc1cn[nH]c1. The van der Waals surface area contributed by atoms with Crippen LogP contribution in [0.15, 0.2) is 36.7 Å². The summed E-state index contributed by atoms with van der Waals surface area (Å²) >= 11 is 5.92. The van der Waals surface area contributed by atoms with E-state index < -0.39 is 0 Å². The van der Waals surface area contributed by atoms with Crippen LogP contribution in [0.1, 0.15) is 6.42 Å². The van der Waals surface area contributed by atoms with Gasteiger partial charge in [0.15, 0.2) is 0 Å². The van der Waals surface area contributed by atoms with Crippen molar-refractivity contribution in [3.8, 4) is 5.75 Å². The van der Waals surface area contributed by atoms with E-state index in [1.807, 2.05) is 12.1 Å². The third kappa shape index (κ3) is 3.49. The number of para-hydroxylation sites is 1. The summed E-state index contributed by atoms with van der Waals surface area (Å²) in [6, 6.07) is 7.15. The van der Waals surface area contributed by atoms with Crippen LogP contribution in [0.25, 0.3) is 0 Å². The molecule has 0 aliphatic heterocycles. The molecule has 1 aromatic carbocycles. The second-order valence-corrected chi connectivity index (χ2v) is 3.97. The van der Waals surface area contributed by atoms with E-state index in [1.54, 1.807) is 18.3 Å². The zero-order valence-corrected chi connectivity index (χ0v) is 10.3. The van der Waals surface area contributed by atoms with Gasteiger partial charge in [0.2, 0.25) is 5.91 Å². The molecule has 2 rings (SSSR count). The second-order valence-electron chi connectivity index (χ2n) is 3.56. The van der Waals surface area contributed by atoms with Gasteiger partial charge in [0.05, 0.1) is 29.9 Å². The molecule has 0 unspecified atom stereocenters. The van der Waals surface area contributed by atoms with Gasteiger partial charge in [0, 0.05) is 6.20 Å². The molecule has 0 radical (unpaired) electrons. The van der Waals surface area contributed by atoms with Crippen LogP contribution in [0.5, 0.6) is 5.75 Å². The molecule has 0 aliphatic rings. The fourth-order valence-electron chi connectivity index (χ4n) is 1.36. The summed E-state index contributed by atoms with van der Waals surface area (Å²) in [6.07, 6.45) is 3.38. The first-order chi connectivity index (χ1) is 8.75. The molecular formula is C12H12ClN3O2. The van der Waals surface area contributed by atoms with E-state index in [0.29, 0.717) is 16.5 Å². The van der Waals surface area contributed by atoms with E-state index in [1.165, 1.54) is 6.20 Å². The molecule has 0 bridgehead atoms. The van der Waals surface area contributed by atoms with E-state index in [-0.39, 0.29) is 18.9 Å². The number of benzene rings is 1. The molecule has 2 aromatic rings. The van der Waals surface area contributed by atoms with E-state index >= 15 is 0 Å². The highest BCUT2D eigenvalue weighted by molar-refractivity contribution is 6.32. The minimum absolute atomic E-state index is 0.136. The van der Waals surface area contributed by atoms with Crippen LogP contribution in [-0.4, -0.2) is 22.7 Å². The van der Waals surface area contributed by atoms with Crippen molar-refractivity contribution in [3.63, 3.8) is 0 Å². The Bertz CT molecular complexity index is 514. The van der Waals surface area contributed by atoms with Crippen LogP contribution < -0.4 is 10.1 Å². The van der Waals surface area contributed by atoms with E-state index in [2.05, 4.69) is 15.5 Å². The molecule has 0 atom stereocenters. The minimum Gasteiger partial charge on any atom is -0.491 e. The molecule has 2 N–H and O–H groups in total. The van der Waals surface area contributed by atoms with E-state index in [9.17, 15) is 4.79 Å². The lowest BCUT2D eigenvalue weighted by Gasteiger charge is -2.07. The van der Waals surface area contributed by atoms with Crippen molar-refractivity contribution >= 4 is 23.2 Å². The van der Waals surface area contributed by atoms with Crippen molar-refractivity contribution in [3.05, 3.63) is 41.7 Å². The van der Waals surface area contributed by atoms with E-state index in [4.69, 9.17) is 16.3 Å². The second kappa shape index (κ2) is 6.07. The van der Waals surface area contributed by atoms with Crippen molar-refractivity contribution in [2.45, 2.75) is 6.42 Å². The van der Waals surface area contributed by atoms with Gasteiger partial charge < -0.3 is 10.1 Å². The lowest BCUT2D eigenvalue weighted by atomic mass is 10.3. The molecule has 0 saturated carbocycles. The zero-order chi connectivity index (χ0) is 12.8. The Morgan fingerprint density at radius 2 is 2.28 bits per heavy atom. The zero-order valence-electron chi connectivity index (χ0n) is 9.52. The third-order valence-corrected chi connectivity index (χ3v) is 2.52. The molecule has 0 aliphatic carbocycles. The van der Waals surface area contributed by atoms with Gasteiger partial charge in [-0.3, -0.25) is 9.89 Å². The first kappa shape index (κ1) is 12.4. The van der Waals surface area contributed by atoms with Gasteiger partial charge in [-0.15, -0.1) is 0 Å². The maximum atomic E-state index is 11.5. The number of halogens is 1. The Morgan fingerprint density at radius 3 is 3.00 bits per heavy atom. The molecular weight excluding hydrogens is 254 g/mol. The van der Waals surface area contributed by atoms with E-state index in [0.717, 1.165) is 0 Å². The third-order valence-electron chi connectivity index (χ3n) is 2.21. The first-order valence-electron chi connectivity index (χ1n) is 5.41. The Hall–Kier alpha value is -2.01. The Kier molecular flexibility index (Phi) is 4.20. The number of aromatic nitrogens is 2. The number of carbonyl (C=O) groups excluding carboxylic acids is 1. The number of ether oxygens (including phenoxy) is 1. The smallest absolute Gasteiger partial charge is 0.227 e. The highest BCUT2D eigenvalue weighted by Crippen LogP contribution is 2.23. The number of rotatable bonds is 5. The molecule has 94 valence electrons. The van der Waals surface area contributed by atoms with Crippen molar-refractivity contribution in [1.82, 2.24) is 10.2 Å². The molecule has 1 amide bonds. The summed E-state index contributed by atoms with van der Waals surface area (Å²) in [7, 11) is 0. The lowest BCUT2D eigenvalue weighted by Crippen LogP contribution is -2.14. The minimum atomic E-state index is -0.136. The number of hydrogen-bond donors (Lipinski definition) is 2. The van der Waals surface area contributed by atoms with Crippen LogP contribution in [0.3, 0.4) is 0 Å². The van der Waals surface area contributed by atoms with Crippen molar-refractivity contribution in [1.29, 1.82) is 0 Å². The normalized spacial score (nSPS) is 10.1. The fourth-order valence-corrected chi connectivity index (χ4v) is 1.55. The number of aromatic amines is 1. The molecule has 5 nitrogen and oxygen atoms in total. The quantitative estimate of drug-likeness (QED) is 0.873. The molecule has 0 saturated heterocycles.